The van der Waals surface area contributed by atoms with Crippen molar-refractivity contribution in [3.63, 3.8) is 0 Å². The molecule has 0 aliphatic carbocycles. The lowest BCUT2D eigenvalue weighted by Gasteiger charge is -2.33. The molecule has 0 aromatic heterocycles. The molecule has 4 N–H and O–H groups in total. The Morgan fingerprint density at radius 1 is 1.58 bits per heavy atom. The van der Waals surface area contributed by atoms with Crippen molar-refractivity contribution in [1.29, 1.82) is 0 Å². The van der Waals surface area contributed by atoms with Crippen LogP contribution in [-0.4, -0.2) is 49.6 Å². The number of amides is 1. The van der Waals surface area contributed by atoms with E-state index < -0.39 is 17.5 Å². The van der Waals surface area contributed by atoms with E-state index in [0.29, 0.717) is 10.7 Å². The molecule has 0 bridgehead atoms. The monoisotopic (exact) mass is 304 g/mol. The third-order valence-electron chi connectivity index (χ3n) is 2.78. The van der Waals surface area contributed by atoms with Gasteiger partial charge in [-0.15, -0.1) is 11.8 Å². The van der Waals surface area contributed by atoms with Crippen molar-refractivity contribution in [1.82, 2.24) is 4.90 Å². The second-order valence-corrected chi connectivity index (χ2v) is 6.92. The second-order valence-electron chi connectivity index (χ2n) is 4.49. The zero-order chi connectivity index (χ0) is 14.4. The molecule has 2 aliphatic heterocycles. The average molecular weight is 304 g/mol. The summed E-state index contributed by atoms with van der Waals surface area (Å²) in [6.45, 7) is 1.36. The van der Waals surface area contributed by atoms with Gasteiger partial charge in [0.1, 0.15) is 5.54 Å². The molecule has 0 radical (unpaired) electrons. The molecule has 0 aromatic carbocycles. The molecular weight excluding hydrogens is 292 g/mol. The first-order chi connectivity index (χ1) is 8.74. The van der Waals surface area contributed by atoms with E-state index in [1.807, 2.05) is 0 Å². The molecule has 104 valence electrons. The Morgan fingerprint density at radius 3 is 2.68 bits per heavy atom. The van der Waals surface area contributed by atoms with Crippen molar-refractivity contribution in [3.8, 4) is 0 Å². The first kappa shape index (κ1) is 14.2. The van der Waals surface area contributed by atoms with Gasteiger partial charge in [0.15, 0.2) is 5.70 Å². The summed E-state index contributed by atoms with van der Waals surface area (Å²) in [6, 6.07) is 0. The number of carboxylic acids is 2. The summed E-state index contributed by atoms with van der Waals surface area (Å²) in [5, 5.41) is 17.9. The normalized spacial score (nSPS) is 24.8. The maximum atomic E-state index is 11.4. The van der Waals surface area contributed by atoms with Crippen LogP contribution in [0.4, 0.5) is 0 Å². The third kappa shape index (κ3) is 2.45. The van der Waals surface area contributed by atoms with Gasteiger partial charge in [-0.3, -0.25) is 14.5 Å². The van der Waals surface area contributed by atoms with Crippen molar-refractivity contribution in [2.45, 2.75) is 24.3 Å². The van der Waals surface area contributed by atoms with Crippen LogP contribution in [0, 0.1) is 0 Å². The summed E-state index contributed by atoms with van der Waals surface area (Å²) < 4.78 is 0.446. The van der Waals surface area contributed by atoms with Gasteiger partial charge >= 0.3 is 11.9 Å². The van der Waals surface area contributed by atoms with Crippen molar-refractivity contribution >= 4 is 41.4 Å². The van der Waals surface area contributed by atoms with E-state index in [4.69, 9.17) is 15.9 Å². The van der Waals surface area contributed by atoms with Gasteiger partial charge in [0, 0.05) is 5.75 Å². The summed E-state index contributed by atoms with van der Waals surface area (Å²) in [4.78, 5) is 34.7. The lowest BCUT2D eigenvalue weighted by Crippen LogP contribution is -2.48. The van der Waals surface area contributed by atoms with E-state index in [1.165, 1.54) is 23.6 Å². The lowest BCUT2D eigenvalue weighted by molar-refractivity contribution is -0.145. The summed E-state index contributed by atoms with van der Waals surface area (Å²) in [5.41, 5.74) is 4.09. The van der Waals surface area contributed by atoms with Gasteiger partial charge in [0.2, 0.25) is 5.91 Å². The molecule has 0 aromatic rings. The highest BCUT2D eigenvalue weighted by Gasteiger charge is 2.49. The topological polar surface area (TPSA) is 121 Å². The Kier molecular flexibility index (Phi) is 3.54. The molecule has 9 heteroatoms. The van der Waals surface area contributed by atoms with Gasteiger partial charge in [-0.1, -0.05) is 11.8 Å². The maximum Gasteiger partial charge on any atom is 0.354 e. The summed E-state index contributed by atoms with van der Waals surface area (Å²) in [5.74, 6) is -2.52. The number of hydrogen-bond acceptors (Lipinski definition) is 6. The highest BCUT2D eigenvalue weighted by molar-refractivity contribution is 8.22. The minimum absolute atomic E-state index is 0.0379. The predicted octanol–water partition coefficient (Wildman–Crippen LogP) is 0.0805. The minimum atomic E-state index is -1.44. The Labute approximate surface area is 117 Å². The SMILES string of the molecule is CC(N)(CSC1=C(C(=O)O)N2C(=O)C[C@@H]2S1)C(=O)O. The first-order valence-electron chi connectivity index (χ1n) is 5.35. The molecule has 7 nitrogen and oxygen atoms in total. The standard InChI is InChI=1S/C10H12N2O5S2/c1-10(11,9(16)17)3-18-8-6(7(14)15)12-4(13)2-5(12)19-8/h5H,2-3,11H2,1H3,(H,14,15)(H,16,17)/t5-,10?/m0/s1. The molecule has 19 heavy (non-hydrogen) atoms. The van der Waals surface area contributed by atoms with Crippen LogP contribution in [0.2, 0.25) is 0 Å². The number of carboxylic acid groups (broad SMARTS) is 2. The Bertz CT molecular complexity index is 502. The van der Waals surface area contributed by atoms with Crippen LogP contribution in [0.15, 0.2) is 9.93 Å². The lowest BCUT2D eigenvalue weighted by atomic mass is 10.1. The number of nitrogens with two attached hydrogens (primary N) is 1. The molecule has 2 aliphatic rings. The van der Waals surface area contributed by atoms with E-state index in [9.17, 15) is 14.4 Å². The molecule has 0 spiro atoms. The number of nitrogens with zero attached hydrogens (tertiary/aromatic N) is 1. The molecule has 2 rings (SSSR count). The van der Waals surface area contributed by atoms with Crippen molar-refractivity contribution in [2.75, 3.05) is 5.75 Å². The van der Waals surface area contributed by atoms with Gasteiger partial charge in [-0.25, -0.2) is 4.79 Å². The van der Waals surface area contributed by atoms with Gasteiger partial charge in [0.25, 0.3) is 0 Å². The fourth-order valence-electron chi connectivity index (χ4n) is 1.60. The van der Waals surface area contributed by atoms with Crippen LogP contribution >= 0.6 is 23.5 Å². The Morgan fingerprint density at radius 2 is 2.21 bits per heavy atom. The summed E-state index contributed by atoms with van der Waals surface area (Å²) in [7, 11) is 0. The number of carbonyl (C=O) groups is 3. The van der Waals surface area contributed by atoms with E-state index in [-0.39, 0.29) is 22.7 Å². The van der Waals surface area contributed by atoms with Crippen LogP contribution in [0.1, 0.15) is 13.3 Å². The smallest absolute Gasteiger partial charge is 0.354 e. The molecule has 2 heterocycles. The highest BCUT2D eigenvalue weighted by Crippen LogP contribution is 2.50. The van der Waals surface area contributed by atoms with Crippen LogP contribution in [0.25, 0.3) is 0 Å². The van der Waals surface area contributed by atoms with Crippen molar-refractivity contribution in [2.24, 2.45) is 5.73 Å². The number of hydrogen-bond donors (Lipinski definition) is 3. The van der Waals surface area contributed by atoms with Gasteiger partial charge in [-0.2, -0.15) is 0 Å². The number of β-lactam (4-membered cyclic amide) rings is 1. The van der Waals surface area contributed by atoms with E-state index in [0.717, 1.165) is 11.8 Å². The van der Waals surface area contributed by atoms with Crippen LogP contribution in [0.5, 0.6) is 0 Å². The zero-order valence-electron chi connectivity index (χ0n) is 9.95. The number of rotatable bonds is 5. The first-order valence-corrected chi connectivity index (χ1v) is 7.22. The van der Waals surface area contributed by atoms with E-state index >= 15 is 0 Å². The Balaban J connectivity index is 2.14. The van der Waals surface area contributed by atoms with Crippen molar-refractivity contribution in [3.05, 3.63) is 9.93 Å². The third-order valence-corrected chi connectivity index (χ3v) is 5.68. The Hall–Kier alpha value is -1.19. The van der Waals surface area contributed by atoms with Crippen LogP contribution in [-0.2, 0) is 14.4 Å². The number of fused-ring (bicyclic) bond motifs is 1. The predicted molar refractivity (Wildman–Crippen MR) is 70.2 cm³/mol. The average Bonchev–Trinajstić information content (AvgIpc) is 2.59. The molecule has 2 atom stereocenters. The summed E-state index contributed by atoms with van der Waals surface area (Å²) in [6.07, 6.45) is 0.310. The zero-order valence-corrected chi connectivity index (χ0v) is 11.6. The molecular formula is C10H12N2O5S2. The molecule has 0 saturated carbocycles. The molecule has 1 unspecified atom stereocenters. The van der Waals surface area contributed by atoms with E-state index in [1.54, 1.807) is 0 Å². The second kappa shape index (κ2) is 4.73. The summed E-state index contributed by atoms with van der Waals surface area (Å²) >= 11 is 2.34. The fraction of sp³-hybridized carbons (Fsp3) is 0.500. The largest absolute Gasteiger partial charge is 0.480 e. The number of thioether (sulfide) groups is 2. The fourth-order valence-corrected chi connectivity index (χ4v) is 4.36. The molecule has 1 amide bonds. The maximum absolute atomic E-state index is 11.4. The quantitative estimate of drug-likeness (QED) is 0.611. The van der Waals surface area contributed by atoms with Crippen LogP contribution < -0.4 is 5.73 Å². The number of carbonyl (C=O) groups excluding carboxylic acids is 1. The molecule has 1 fully saturated rings. The molecule has 1 saturated heterocycles. The minimum Gasteiger partial charge on any atom is -0.480 e. The van der Waals surface area contributed by atoms with Gasteiger partial charge in [-0.05, 0) is 6.92 Å². The van der Waals surface area contributed by atoms with Gasteiger partial charge in [0.05, 0.1) is 16.0 Å². The van der Waals surface area contributed by atoms with Gasteiger partial charge < -0.3 is 15.9 Å². The van der Waals surface area contributed by atoms with E-state index in [2.05, 4.69) is 0 Å². The highest BCUT2D eigenvalue weighted by atomic mass is 32.2. The van der Waals surface area contributed by atoms with Crippen molar-refractivity contribution < 1.29 is 24.6 Å². The van der Waals surface area contributed by atoms with Crippen LogP contribution in [0.3, 0.4) is 0 Å². The number of aliphatic carboxylic acids is 2.